The van der Waals surface area contributed by atoms with E-state index in [1.807, 2.05) is 38.1 Å². The molecule has 0 saturated carbocycles. The molecule has 0 aliphatic carbocycles. The topological polar surface area (TPSA) is 59.6 Å². The first-order valence-corrected chi connectivity index (χ1v) is 5.93. The van der Waals surface area contributed by atoms with Crippen molar-refractivity contribution < 1.29 is 4.74 Å². The first-order valence-electron chi connectivity index (χ1n) is 5.93. The fraction of sp³-hybridized carbons (Fsp3) is 0.357. The second kappa shape index (κ2) is 9.80. The van der Waals surface area contributed by atoms with Crippen molar-refractivity contribution in [3.8, 4) is 0 Å². The zero-order valence-electron chi connectivity index (χ0n) is 11.5. The Hall–Kier alpha value is -1.08. The Balaban J connectivity index is 0.00000324. The van der Waals surface area contributed by atoms with Gasteiger partial charge in [0.05, 0.1) is 19.8 Å². The predicted molar refractivity (Wildman–Crippen MR) is 92.3 cm³/mol. The first-order chi connectivity index (χ1) is 8.58. The molecule has 0 heterocycles. The molecule has 0 aromatic heterocycles. The zero-order chi connectivity index (χ0) is 13.4. The quantitative estimate of drug-likeness (QED) is 0.264. The van der Waals surface area contributed by atoms with E-state index in [-0.39, 0.29) is 24.0 Å². The average molecular weight is 375 g/mol. The molecular weight excluding hydrogens is 353 g/mol. The Morgan fingerprint density at radius 1 is 1.37 bits per heavy atom. The third-order valence-electron chi connectivity index (χ3n) is 2.19. The van der Waals surface area contributed by atoms with Gasteiger partial charge in [-0.2, -0.15) is 0 Å². The summed E-state index contributed by atoms with van der Waals surface area (Å²) in [5.74, 6) is 0.401. The van der Waals surface area contributed by atoms with Gasteiger partial charge in [-0.05, 0) is 26.0 Å². The van der Waals surface area contributed by atoms with E-state index in [1.54, 1.807) is 0 Å². The van der Waals surface area contributed by atoms with Crippen LogP contribution < -0.4 is 11.1 Å². The van der Waals surface area contributed by atoms with Crippen LogP contribution in [0.5, 0.6) is 0 Å². The van der Waals surface area contributed by atoms with E-state index in [9.17, 15) is 0 Å². The molecular formula is C14H22IN3O. The van der Waals surface area contributed by atoms with Gasteiger partial charge in [-0.3, -0.25) is 4.99 Å². The van der Waals surface area contributed by atoms with E-state index in [0.717, 1.165) is 11.3 Å². The summed E-state index contributed by atoms with van der Waals surface area (Å²) in [6, 6.07) is 7.97. The Bertz CT molecular complexity index is 415. The highest BCUT2D eigenvalue weighted by Gasteiger charge is 1.94. The summed E-state index contributed by atoms with van der Waals surface area (Å²) in [6.07, 6.45) is 0. The lowest BCUT2D eigenvalue weighted by atomic mass is 10.2. The number of nitrogens with two attached hydrogens (primary N) is 1. The third kappa shape index (κ3) is 8.61. The fourth-order valence-corrected chi connectivity index (χ4v) is 1.30. The van der Waals surface area contributed by atoms with Crippen molar-refractivity contribution in [3.63, 3.8) is 0 Å². The number of halogens is 1. The van der Waals surface area contributed by atoms with Gasteiger partial charge in [-0.1, -0.05) is 29.8 Å². The second-order valence-corrected chi connectivity index (χ2v) is 4.27. The van der Waals surface area contributed by atoms with Gasteiger partial charge in [0, 0.05) is 5.69 Å². The van der Waals surface area contributed by atoms with Crippen molar-refractivity contribution in [2.24, 2.45) is 10.7 Å². The van der Waals surface area contributed by atoms with Gasteiger partial charge < -0.3 is 15.8 Å². The highest BCUT2D eigenvalue weighted by Crippen LogP contribution is 2.07. The van der Waals surface area contributed by atoms with E-state index in [1.165, 1.54) is 5.56 Å². The van der Waals surface area contributed by atoms with Gasteiger partial charge in [-0.15, -0.1) is 24.0 Å². The predicted octanol–water partition coefficient (Wildman–Crippen LogP) is 2.93. The summed E-state index contributed by atoms with van der Waals surface area (Å²) in [7, 11) is 0. The van der Waals surface area contributed by atoms with Crippen molar-refractivity contribution in [1.82, 2.24) is 0 Å². The first kappa shape index (κ1) is 17.9. The fourth-order valence-electron chi connectivity index (χ4n) is 1.30. The molecule has 0 spiro atoms. The van der Waals surface area contributed by atoms with Crippen molar-refractivity contribution in [2.75, 3.05) is 25.1 Å². The van der Waals surface area contributed by atoms with Crippen LogP contribution >= 0.6 is 24.0 Å². The van der Waals surface area contributed by atoms with Crippen LogP contribution in [0.4, 0.5) is 5.69 Å². The number of anilines is 1. The smallest absolute Gasteiger partial charge is 0.193 e. The highest BCUT2D eigenvalue weighted by atomic mass is 127. The van der Waals surface area contributed by atoms with E-state index in [2.05, 4.69) is 16.9 Å². The number of hydrogen-bond donors (Lipinski definition) is 2. The lowest BCUT2D eigenvalue weighted by Gasteiger charge is -2.06. The molecule has 0 fully saturated rings. The Kier molecular flexibility index (Phi) is 9.24. The highest BCUT2D eigenvalue weighted by molar-refractivity contribution is 14.0. The monoisotopic (exact) mass is 375 g/mol. The number of ether oxygens (including phenoxy) is 1. The SMILES string of the molecule is C=C(C)COCCN=C(N)Nc1ccc(C)cc1.I. The molecule has 4 nitrogen and oxygen atoms in total. The van der Waals surface area contributed by atoms with Crippen LogP contribution in [0.15, 0.2) is 41.4 Å². The molecule has 0 bridgehead atoms. The van der Waals surface area contributed by atoms with Gasteiger partial charge in [0.2, 0.25) is 0 Å². The minimum atomic E-state index is 0. The number of nitrogens with one attached hydrogen (secondary N) is 1. The van der Waals surface area contributed by atoms with Crippen molar-refractivity contribution in [3.05, 3.63) is 42.0 Å². The molecule has 19 heavy (non-hydrogen) atoms. The molecule has 0 aliphatic rings. The van der Waals surface area contributed by atoms with E-state index >= 15 is 0 Å². The van der Waals surface area contributed by atoms with Crippen molar-refractivity contribution in [2.45, 2.75) is 13.8 Å². The summed E-state index contributed by atoms with van der Waals surface area (Å²) < 4.78 is 5.32. The van der Waals surface area contributed by atoms with Crippen LogP contribution in [-0.2, 0) is 4.74 Å². The lowest BCUT2D eigenvalue weighted by molar-refractivity contribution is 0.165. The molecule has 1 rings (SSSR count). The Morgan fingerprint density at radius 3 is 2.58 bits per heavy atom. The largest absolute Gasteiger partial charge is 0.375 e. The summed E-state index contributed by atoms with van der Waals surface area (Å²) in [5.41, 5.74) is 8.90. The van der Waals surface area contributed by atoms with Crippen LogP contribution in [-0.4, -0.2) is 25.7 Å². The van der Waals surface area contributed by atoms with Crippen LogP contribution in [0, 0.1) is 6.92 Å². The number of guanidine groups is 1. The van der Waals surface area contributed by atoms with Gasteiger partial charge in [0.15, 0.2) is 5.96 Å². The van der Waals surface area contributed by atoms with E-state index < -0.39 is 0 Å². The lowest BCUT2D eigenvalue weighted by Crippen LogP contribution is -2.23. The molecule has 1 aromatic carbocycles. The standard InChI is InChI=1S/C14H21N3O.HI/c1-11(2)10-18-9-8-16-14(15)17-13-6-4-12(3)5-7-13;/h4-7H,1,8-10H2,2-3H3,(H3,15,16,17);1H. The number of benzene rings is 1. The molecule has 0 atom stereocenters. The van der Waals surface area contributed by atoms with Gasteiger partial charge >= 0.3 is 0 Å². The molecule has 5 heteroatoms. The van der Waals surface area contributed by atoms with Crippen molar-refractivity contribution in [1.29, 1.82) is 0 Å². The molecule has 3 N–H and O–H groups in total. The molecule has 0 aliphatic heterocycles. The molecule has 1 aromatic rings. The van der Waals surface area contributed by atoms with Gasteiger partial charge in [0.1, 0.15) is 0 Å². The number of hydrogen-bond acceptors (Lipinski definition) is 2. The molecule has 0 amide bonds. The van der Waals surface area contributed by atoms with Crippen molar-refractivity contribution >= 4 is 35.6 Å². The number of aryl methyl sites for hydroxylation is 1. The minimum absolute atomic E-state index is 0. The number of nitrogens with zero attached hydrogens (tertiary/aromatic N) is 1. The van der Waals surface area contributed by atoms with E-state index in [4.69, 9.17) is 10.5 Å². The molecule has 106 valence electrons. The summed E-state index contributed by atoms with van der Waals surface area (Å²) in [5, 5.41) is 3.02. The Labute approximate surface area is 132 Å². The summed E-state index contributed by atoms with van der Waals surface area (Å²) in [4.78, 5) is 4.17. The summed E-state index contributed by atoms with van der Waals surface area (Å²) >= 11 is 0. The van der Waals surface area contributed by atoms with Crippen LogP contribution in [0.25, 0.3) is 0 Å². The third-order valence-corrected chi connectivity index (χ3v) is 2.19. The van der Waals surface area contributed by atoms with E-state index in [0.29, 0.717) is 25.7 Å². The maximum Gasteiger partial charge on any atom is 0.193 e. The minimum Gasteiger partial charge on any atom is -0.375 e. The molecule has 0 saturated heterocycles. The summed E-state index contributed by atoms with van der Waals surface area (Å²) in [6.45, 7) is 9.38. The van der Waals surface area contributed by atoms with Crippen LogP contribution in [0.2, 0.25) is 0 Å². The zero-order valence-corrected chi connectivity index (χ0v) is 13.8. The maximum absolute atomic E-state index is 5.75. The average Bonchev–Trinajstić information content (AvgIpc) is 2.31. The van der Waals surface area contributed by atoms with Crippen LogP contribution in [0.3, 0.4) is 0 Å². The Morgan fingerprint density at radius 2 is 2.00 bits per heavy atom. The van der Waals surface area contributed by atoms with Gasteiger partial charge in [0.25, 0.3) is 0 Å². The molecule has 0 unspecified atom stereocenters. The molecule has 0 radical (unpaired) electrons. The number of rotatable bonds is 6. The van der Waals surface area contributed by atoms with Crippen LogP contribution in [0.1, 0.15) is 12.5 Å². The second-order valence-electron chi connectivity index (χ2n) is 4.27. The van der Waals surface area contributed by atoms with Gasteiger partial charge in [-0.25, -0.2) is 0 Å². The normalized spacial score (nSPS) is 10.7. The number of aliphatic imine (C=N–C) groups is 1. The maximum atomic E-state index is 5.75.